The third kappa shape index (κ3) is 7.96. The van der Waals surface area contributed by atoms with E-state index in [-0.39, 0.29) is 11.7 Å². The Morgan fingerprint density at radius 1 is 0.900 bits per heavy atom. The second-order valence-electron chi connectivity index (χ2n) is 6.15. The molecule has 0 aliphatic rings. The van der Waals surface area contributed by atoms with Crippen molar-refractivity contribution in [1.29, 1.82) is 0 Å². The molecule has 0 aliphatic carbocycles. The number of benzene rings is 2. The van der Waals surface area contributed by atoms with Crippen LogP contribution >= 0.6 is 12.2 Å². The second kappa shape index (κ2) is 12.3. The van der Waals surface area contributed by atoms with E-state index in [4.69, 9.17) is 26.4 Å². The molecule has 0 fully saturated rings. The van der Waals surface area contributed by atoms with Crippen molar-refractivity contribution in [2.24, 2.45) is 0 Å². The van der Waals surface area contributed by atoms with Gasteiger partial charge in [0.2, 0.25) is 0 Å². The molecular weight excluding hydrogens is 406 g/mol. The van der Waals surface area contributed by atoms with E-state index in [9.17, 15) is 9.59 Å². The maximum absolute atomic E-state index is 12.2. The lowest BCUT2D eigenvalue weighted by Gasteiger charge is -2.12. The standard InChI is InChI=1S/C21H25N3O5S/c1-3-4-13-28-17-7-5-15(6-8-17)20(26)22-21(30)24-23-19(25)14-29-18-11-9-16(27-2)10-12-18/h5-12H,3-4,13-14H2,1-2H3,(H,23,25)(H2,22,24,26,30). The van der Waals surface area contributed by atoms with Gasteiger partial charge in [-0.05, 0) is 67.2 Å². The van der Waals surface area contributed by atoms with Crippen LogP contribution < -0.4 is 30.4 Å². The summed E-state index contributed by atoms with van der Waals surface area (Å²) in [6.07, 6.45) is 2.02. The SMILES string of the molecule is CCCCOc1ccc(C(=O)NC(=S)NNC(=O)COc2ccc(OC)cc2)cc1. The highest BCUT2D eigenvalue weighted by Gasteiger charge is 2.09. The summed E-state index contributed by atoms with van der Waals surface area (Å²) in [6.45, 7) is 2.50. The highest BCUT2D eigenvalue weighted by atomic mass is 32.1. The molecule has 2 aromatic carbocycles. The molecular formula is C21H25N3O5S. The first-order chi connectivity index (χ1) is 14.5. The van der Waals surface area contributed by atoms with Gasteiger partial charge in [0.1, 0.15) is 17.2 Å². The number of ether oxygens (including phenoxy) is 3. The number of carbonyl (C=O) groups excluding carboxylic acids is 2. The summed E-state index contributed by atoms with van der Waals surface area (Å²) in [4.78, 5) is 24.0. The Hall–Kier alpha value is -3.33. The number of carbonyl (C=O) groups is 2. The second-order valence-corrected chi connectivity index (χ2v) is 6.56. The average Bonchev–Trinajstić information content (AvgIpc) is 2.77. The average molecular weight is 432 g/mol. The zero-order valence-corrected chi connectivity index (χ0v) is 17.7. The molecule has 0 radical (unpaired) electrons. The summed E-state index contributed by atoms with van der Waals surface area (Å²) in [7, 11) is 1.56. The van der Waals surface area contributed by atoms with Gasteiger partial charge < -0.3 is 14.2 Å². The van der Waals surface area contributed by atoms with Gasteiger partial charge >= 0.3 is 0 Å². The molecule has 0 saturated heterocycles. The Morgan fingerprint density at radius 2 is 1.50 bits per heavy atom. The number of amides is 2. The van der Waals surface area contributed by atoms with Crippen molar-refractivity contribution in [2.75, 3.05) is 20.3 Å². The number of hydrogen-bond donors (Lipinski definition) is 3. The molecule has 0 aromatic heterocycles. The predicted molar refractivity (Wildman–Crippen MR) is 117 cm³/mol. The molecule has 0 aliphatic heterocycles. The van der Waals surface area contributed by atoms with E-state index in [2.05, 4.69) is 23.1 Å². The van der Waals surface area contributed by atoms with Crippen molar-refractivity contribution < 1.29 is 23.8 Å². The highest BCUT2D eigenvalue weighted by molar-refractivity contribution is 7.80. The first-order valence-electron chi connectivity index (χ1n) is 9.41. The quantitative estimate of drug-likeness (QED) is 0.319. The van der Waals surface area contributed by atoms with Gasteiger partial charge in [0.15, 0.2) is 11.7 Å². The first kappa shape index (κ1) is 23.0. The molecule has 0 spiro atoms. The third-order valence-electron chi connectivity index (χ3n) is 3.86. The summed E-state index contributed by atoms with van der Waals surface area (Å²) >= 11 is 5.01. The van der Waals surface area contributed by atoms with Crippen LogP contribution in [0.15, 0.2) is 48.5 Å². The lowest BCUT2D eigenvalue weighted by Crippen LogP contribution is -2.49. The Balaban J connectivity index is 1.70. The van der Waals surface area contributed by atoms with E-state index in [1.54, 1.807) is 55.6 Å². The Morgan fingerprint density at radius 3 is 2.13 bits per heavy atom. The van der Waals surface area contributed by atoms with Crippen LogP contribution in [0.3, 0.4) is 0 Å². The number of methoxy groups -OCH3 is 1. The monoisotopic (exact) mass is 431 g/mol. The minimum absolute atomic E-state index is 0.0407. The lowest BCUT2D eigenvalue weighted by molar-refractivity contribution is -0.123. The van der Waals surface area contributed by atoms with Gasteiger partial charge in [0, 0.05) is 5.56 Å². The molecule has 0 unspecified atom stereocenters. The van der Waals surface area contributed by atoms with Crippen LogP contribution in [-0.4, -0.2) is 37.3 Å². The van der Waals surface area contributed by atoms with Crippen molar-refractivity contribution in [3.05, 3.63) is 54.1 Å². The molecule has 0 bridgehead atoms. The van der Waals surface area contributed by atoms with Crippen LogP contribution in [0.5, 0.6) is 17.2 Å². The summed E-state index contributed by atoms with van der Waals surface area (Å²) in [6, 6.07) is 13.5. The van der Waals surface area contributed by atoms with Gasteiger partial charge in [-0.15, -0.1) is 0 Å². The molecule has 2 amide bonds. The smallest absolute Gasteiger partial charge is 0.276 e. The van der Waals surface area contributed by atoms with Crippen LogP contribution in [0.4, 0.5) is 0 Å². The van der Waals surface area contributed by atoms with Crippen LogP contribution in [0.25, 0.3) is 0 Å². The Bertz CT molecular complexity index is 841. The first-order valence-corrected chi connectivity index (χ1v) is 9.82. The van der Waals surface area contributed by atoms with Crippen molar-refractivity contribution >= 4 is 29.1 Å². The number of thiocarbonyl (C=S) groups is 1. The fourth-order valence-electron chi connectivity index (χ4n) is 2.23. The molecule has 0 saturated carbocycles. The van der Waals surface area contributed by atoms with Crippen molar-refractivity contribution in [3.8, 4) is 17.2 Å². The number of unbranched alkanes of at least 4 members (excludes halogenated alkanes) is 1. The molecule has 3 N–H and O–H groups in total. The van der Waals surface area contributed by atoms with Crippen LogP contribution in [0.1, 0.15) is 30.1 Å². The summed E-state index contributed by atoms with van der Waals surface area (Å²) in [5.74, 6) is 1.04. The van der Waals surface area contributed by atoms with Gasteiger partial charge in [-0.2, -0.15) is 0 Å². The summed E-state index contributed by atoms with van der Waals surface area (Å²) < 4.78 is 16.0. The van der Waals surface area contributed by atoms with Gasteiger partial charge in [0.25, 0.3) is 11.8 Å². The summed E-state index contributed by atoms with van der Waals surface area (Å²) in [5, 5.41) is 2.44. The predicted octanol–water partition coefficient (Wildman–Crippen LogP) is 2.59. The number of hydrogen-bond acceptors (Lipinski definition) is 6. The van der Waals surface area contributed by atoms with E-state index in [1.807, 2.05) is 0 Å². The van der Waals surface area contributed by atoms with Crippen LogP contribution in [-0.2, 0) is 4.79 Å². The molecule has 0 atom stereocenters. The fourth-order valence-corrected chi connectivity index (χ4v) is 2.37. The van der Waals surface area contributed by atoms with Gasteiger partial charge in [-0.25, -0.2) is 0 Å². The highest BCUT2D eigenvalue weighted by Crippen LogP contribution is 2.16. The van der Waals surface area contributed by atoms with E-state index >= 15 is 0 Å². The van der Waals surface area contributed by atoms with E-state index < -0.39 is 11.8 Å². The molecule has 2 rings (SSSR count). The van der Waals surface area contributed by atoms with E-state index in [0.29, 0.717) is 29.4 Å². The van der Waals surface area contributed by atoms with Gasteiger partial charge in [-0.1, -0.05) is 13.3 Å². The van der Waals surface area contributed by atoms with Crippen LogP contribution in [0, 0.1) is 0 Å². The molecule has 8 nitrogen and oxygen atoms in total. The minimum Gasteiger partial charge on any atom is -0.497 e. The molecule has 160 valence electrons. The molecule has 2 aromatic rings. The van der Waals surface area contributed by atoms with Crippen molar-refractivity contribution in [2.45, 2.75) is 19.8 Å². The van der Waals surface area contributed by atoms with Gasteiger partial charge in [0.05, 0.1) is 13.7 Å². The largest absolute Gasteiger partial charge is 0.497 e. The maximum atomic E-state index is 12.2. The van der Waals surface area contributed by atoms with Crippen molar-refractivity contribution in [1.82, 2.24) is 16.2 Å². The number of hydrazine groups is 1. The lowest BCUT2D eigenvalue weighted by atomic mass is 10.2. The molecule has 0 heterocycles. The minimum atomic E-state index is -0.462. The maximum Gasteiger partial charge on any atom is 0.276 e. The normalized spacial score (nSPS) is 9.93. The number of nitrogens with one attached hydrogen (secondary N) is 3. The van der Waals surface area contributed by atoms with Crippen molar-refractivity contribution in [3.63, 3.8) is 0 Å². The number of rotatable bonds is 9. The molecule has 9 heteroatoms. The van der Waals surface area contributed by atoms with E-state index in [0.717, 1.165) is 12.8 Å². The van der Waals surface area contributed by atoms with Gasteiger partial charge in [-0.3, -0.25) is 25.8 Å². The summed E-state index contributed by atoms with van der Waals surface area (Å²) in [5.41, 5.74) is 5.23. The topological polar surface area (TPSA) is 97.9 Å². The zero-order valence-electron chi connectivity index (χ0n) is 16.9. The Labute approximate surface area is 180 Å². The Kier molecular flexibility index (Phi) is 9.39. The fraction of sp³-hybridized carbons (Fsp3) is 0.286. The molecule has 30 heavy (non-hydrogen) atoms. The zero-order chi connectivity index (χ0) is 21.8. The third-order valence-corrected chi connectivity index (χ3v) is 4.06. The van der Waals surface area contributed by atoms with Crippen LogP contribution in [0.2, 0.25) is 0 Å². The van der Waals surface area contributed by atoms with E-state index in [1.165, 1.54) is 0 Å².